The minimum atomic E-state index is -0.592. The number of likely N-dealkylation sites (tertiary alicyclic amines) is 1. The molecule has 6 rings (SSSR count). The van der Waals surface area contributed by atoms with E-state index in [0.717, 1.165) is 48.2 Å². The minimum Gasteiger partial charge on any atom is -0.490 e. The van der Waals surface area contributed by atoms with Crippen LogP contribution in [-0.2, 0) is 16.0 Å². The van der Waals surface area contributed by atoms with Crippen molar-refractivity contribution in [2.24, 2.45) is 0 Å². The van der Waals surface area contributed by atoms with E-state index in [2.05, 4.69) is 22.8 Å². The van der Waals surface area contributed by atoms with Crippen molar-refractivity contribution >= 4 is 23.0 Å². The van der Waals surface area contributed by atoms with Crippen LogP contribution in [0.3, 0.4) is 0 Å². The average molecular weight is 545 g/mol. The molecule has 212 valence electrons. The Balaban J connectivity index is 1.60. The van der Waals surface area contributed by atoms with Crippen LogP contribution < -0.4 is 4.74 Å². The van der Waals surface area contributed by atoms with Crippen LogP contribution in [0.15, 0.2) is 42.5 Å². The number of fused-ring (bicyclic) bond motifs is 5. The zero-order chi connectivity index (χ0) is 28.1. The lowest BCUT2D eigenvalue weighted by atomic mass is 9.81. The predicted octanol–water partition coefficient (Wildman–Crippen LogP) is 7.30. The minimum absolute atomic E-state index is 0.303. The summed E-state index contributed by atoms with van der Waals surface area (Å²) < 4.78 is 20.0. The molecule has 3 aliphatic rings. The first-order chi connectivity index (χ1) is 19.2. The van der Waals surface area contributed by atoms with Gasteiger partial charge in [-0.25, -0.2) is 9.59 Å². The number of hydrogen-bond acceptors (Lipinski definition) is 5. The number of nitrogens with zero attached hydrogens (tertiary/aromatic N) is 2. The molecule has 1 spiro atoms. The molecule has 3 heterocycles. The number of para-hydroxylation sites is 1. The molecule has 2 aromatic carbocycles. The Labute approximate surface area is 236 Å². The molecule has 40 heavy (non-hydrogen) atoms. The van der Waals surface area contributed by atoms with Crippen molar-refractivity contribution in [3.63, 3.8) is 0 Å². The number of benzene rings is 2. The van der Waals surface area contributed by atoms with E-state index in [1.807, 2.05) is 49.9 Å². The average Bonchev–Trinajstić information content (AvgIpc) is 3.49. The fraction of sp³-hybridized carbons (Fsp3) is 0.515. The number of hydrogen-bond donors (Lipinski definition) is 0. The van der Waals surface area contributed by atoms with Crippen LogP contribution in [0.2, 0.25) is 0 Å². The molecular weight excluding hydrogens is 504 g/mol. The van der Waals surface area contributed by atoms with E-state index in [-0.39, 0.29) is 12.1 Å². The van der Waals surface area contributed by atoms with Crippen molar-refractivity contribution in [3.8, 4) is 17.0 Å². The van der Waals surface area contributed by atoms with Crippen molar-refractivity contribution in [2.45, 2.75) is 89.3 Å². The summed E-state index contributed by atoms with van der Waals surface area (Å²) in [4.78, 5) is 28.1. The lowest BCUT2D eigenvalue weighted by Gasteiger charge is -2.41. The molecule has 7 nitrogen and oxygen atoms in total. The van der Waals surface area contributed by atoms with Gasteiger partial charge in [-0.1, -0.05) is 37.5 Å². The molecule has 2 aliphatic heterocycles. The summed E-state index contributed by atoms with van der Waals surface area (Å²) in [7, 11) is 1.42. The summed E-state index contributed by atoms with van der Waals surface area (Å²) in [6, 6.07) is 14.2. The third-order valence-corrected chi connectivity index (χ3v) is 8.84. The monoisotopic (exact) mass is 544 g/mol. The van der Waals surface area contributed by atoms with Gasteiger partial charge >= 0.3 is 12.1 Å². The number of carbonyl (C=O) groups excluding carboxylic acids is 2. The van der Waals surface area contributed by atoms with E-state index >= 15 is 0 Å². The van der Waals surface area contributed by atoms with Gasteiger partial charge in [-0.15, -0.1) is 0 Å². The van der Waals surface area contributed by atoms with E-state index < -0.39 is 11.1 Å². The van der Waals surface area contributed by atoms with Crippen LogP contribution in [0.4, 0.5) is 4.79 Å². The van der Waals surface area contributed by atoms with E-state index in [1.54, 1.807) is 0 Å². The van der Waals surface area contributed by atoms with Crippen molar-refractivity contribution in [2.75, 3.05) is 20.3 Å². The highest BCUT2D eigenvalue weighted by Crippen LogP contribution is 2.49. The lowest BCUT2D eigenvalue weighted by Crippen LogP contribution is -2.55. The summed E-state index contributed by atoms with van der Waals surface area (Å²) in [6.07, 6.45) is 7.36. The predicted molar refractivity (Wildman–Crippen MR) is 155 cm³/mol. The molecule has 1 atom stereocenters. The summed E-state index contributed by atoms with van der Waals surface area (Å²) in [5.41, 5.74) is 3.91. The Morgan fingerprint density at radius 2 is 1.80 bits per heavy atom. The van der Waals surface area contributed by atoms with Gasteiger partial charge in [0.15, 0.2) is 0 Å². The van der Waals surface area contributed by atoms with Gasteiger partial charge in [-0.2, -0.15) is 0 Å². The van der Waals surface area contributed by atoms with E-state index in [9.17, 15) is 9.59 Å². The van der Waals surface area contributed by atoms with E-state index in [0.29, 0.717) is 31.2 Å². The first-order valence-corrected chi connectivity index (χ1v) is 14.7. The maximum Gasteiger partial charge on any atom is 0.410 e. The highest BCUT2D eigenvalue weighted by atomic mass is 16.6. The normalized spacial score (nSPS) is 21.4. The standard InChI is InChI=1S/C33H40N2O5/c1-32(2,3)40-31(37)35-18-10-17-33(35)20-34-26-19-23(30(36)38-4)15-16-24(26)28(22-11-6-5-7-12-22)29(34)25-13-8-9-14-27(25)39-21-33/h8-9,13-16,19,22H,5-7,10-12,17-18,20-21H2,1-4H3/t33-/m1/s1. The van der Waals surface area contributed by atoms with Crippen LogP contribution in [0, 0.1) is 0 Å². The number of rotatable bonds is 2. The van der Waals surface area contributed by atoms with Crippen molar-refractivity contribution in [1.82, 2.24) is 9.47 Å². The molecule has 1 aromatic heterocycles. The number of amides is 1. The highest BCUT2D eigenvalue weighted by molar-refractivity contribution is 5.99. The van der Waals surface area contributed by atoms with Gasteiger partial charge in [0.25, 0.3) is 0 Å². The Hall–Kier alpha value is -3.48. The van der Waals surface area contributed by atoms with Crippen molar-refractivity contribution in [1.29, 1.82) is 0 Å². The zero-order valence-corrected chi connectivity index (χ0v) is 24.1. The lowest BCUT2D eigenvalue weighted by molar-refractivity contribution is -0.00617. The maximum absolute atomic E-state index is 13.6. The second kappa shape index (κ2) is 10.2. The Morgan fingerprint density at radius 3 is 2.55 bits per heavy atom. The maximum atomic E-state index is 13.6. The first-order valence-electron chi connectivity index (χ1n) is 14.7. The highest BCUT2D eigenvalue weighted by Gasteiger charge is 2.48. The number of carbonyl (C=O) groups is 2. The third-order valence-electron chi connectivity index (χ3n) is 8.84. The molecule has 1 amide bonds. The van der Waals surface area contributed by atoms with Crippen LogP contribution in [0.5, 0.6) is 5.75 Å². The SMILES string of the molecule is COC(=O)c1ccc2c(C3CCCCC3)c3n(c2c1)C[C@]1(CCCN1C(=O)OC(C)(C)C)COc1ccccc1-3. The largest absolute Gasteiger partial charge is 0.490 e. The molecule has 2 fully saturated rings. The molecule has 1 saturated heterocycles. The molecule has 7 heteroatoms. The van der Waals surface area contributed by atoms with Gasteiger partial charge in [0.05, 0.1) is 30.5 Å². The second-order valence-corrected chi connectivity index (χ2v) is 12.7. The molecule has 0 radical (unpaired) electrons. The Bertz CT molecular complexity index is 1450. The summed E-state index contributed by atoms with van der Waals surface area (Å²) in [6.45, 7) is 7.27. The zero-order valence-electron chi connectivity index (χ0n) is 24.1. The summed E-state index contributed by atoms with van der Waals surface area (Å²) in [5.74, 6) is 0.898. The third kappa shape index (κ3) is 4.63. The number of methoxy groups -OCH3 is 1. The quantitative estimate of drug-likeness (QED) is 0.317. The summed E-state index contributed by atoms with van der Waals surface area (Å²) >= 11 is 0. The van der Waals surface area contributed by atoms with Crippen LogP contribution in [0.1, 0.15) is 87.6 Å². The number of aromatic nitrogens is 1. The van der Waals surface area contributed by atoms with Gasteiger partial charge < -0.3 is 18.8 Å². The van der Waals surface area contributed by atoms with Crippen LogP contribution >= 0.6 is 0 Å². The second-order valence-electron chi connectivity index (χ2n) is 12.7. The Kier molecular flexibility index (Phi) is 6.79. The fourth-order valence-electron chi connectivity index (χ4n) is 7.08. The molecule has 1 aliphatic carbocycles. The van der Waals surface area contributed by atoms with Crippen LogP contribution in [-0.4, -0.2) is 52.9 Å². The number of ether oxygens (including phenoxy) is 3. The molecular formula is C33H40N2O5. The van der Waals surface area contributed by atoms with Gasteiger partial charge in [-0.05, 0) is 82.2 Å². The van der Waals surface area contributed by atoms with Crippen LogP contribution in [0.25, 0.3) is 22.2 Å². The van der Waals surface area contributed by atoms with E-state index in [4.69, 9.17) is 14.2 Å². The molecule has 1 saturated carbocycles. The Morgan fingerprint density at radius 1 is 1.02 bits per heavy atom. The smallest absolute Gasteiger partial charge is 0.410 e. The molecule has 0 bridgehead atoms. The van der Waals surface area contributed by atoms with Gasteiger partial charge in [0.1, 0.15) is 18.0 Å². The number of esters is 1. The van der Waals surface area contributed by atoms with Crippen molar-refractivity contribution < 1.29 is 23.8 Å². The van der Waals surface area contributed by atoms with E-state index in [1.165, 1.54) is 37.3 Å². The topological polar surface area (TPSA) is 70.0 Å². The van der Waals surface area contributed by atoms with Crippen molar-refractivity contribution in [3.05, 3.63) is 53.6 Å². The molecule has 0 N–H and O–H groups in total. The fourth-order valence-corrected chi connectivity index (χ4v) is 7.08. The molecule has 3 aromatic rings. The van der Waals surface area contributed by atoms with Gasteiger partial charge in [0, 0.05) is 23.0 Å². The van der Waals surface area contributed by atoms with Gasteiger partial charge in [-0.3, -0.25) is 4.90 Å². The molecule has 0 unspecified atom stereocenters. The first kappa shape index (κ1) is 26.7. The van der Waals surface area contributed by atoms with Gasteiger partial charge in [0.2, 0.25) is 0 Å². The summed E-state index contributed by atoms with van der Waals surface area (Å²) in [5, 5.41) is 1.17.